The van der Waals surface area contributed by atoms with Gasteiger partial charge in [0.15, 0.2) is 0 Å². The molecule has 2 aliphatic carbocycles. The van der Waals surface area contributed by atoms with Gasteiger partial charge in [0.05, 0.1) is 7.11 Å². The van der Waals surface area contributed by atoms with E-state index >= 15 is 0 Å². The molecule has 23 heavy (non-hydrogen) atoms. The summed E-state index contributed by atoms with van der Waals surface area (Å²) in [6, 6.07) is 4.06. The summed E-state index contributed by atoms with van der Waals surface area (Å²) in [5, 5.41) is 10.8. The van der Waals surface area contributed by atoms with Crippen LogP contribution in [0.1, 0.15) is 68.1 Å². The number of rotatable bonds is 6. The Balaban J connectivity index is 1.97. The monoisotopic (exact) mass is 314 g/mol. The second-order valence-electron chi connectivity index (χ2n) is 7.16. The molecule has 0 bridgehead atoms. The molecule has 3 nitrogen and oxygen atoms in total. The summed E-state index contributed by atoms with van der Waals surface area (Å²) in [4.78, 5) is 11.4. The molecule has 0 saturated heterocycles. The lowest BCUT2D eigenvalue weighted by Gasteiger charge is -2.20. The van der Waals surface area contributed by atoms with Gasteiger partial charge in [-0.25, -0.2) is 4.79 Å². The highest BCUT2D eigenvalue weighted by molar-refractivity contribution is 5.87. The zero-order chi connectivity index (χ0) is 16.6. The molecule has 1 aromatic rings. The van der Waals surface area contributed by atoms with E-state index in [4.69, 9.17) is 0 Å². The van der Waals surface area contributed by atoms with Crippen molar-refractivity contribution in [2.75, 3.05) is 7.11 Å². The Labute approximate surface area is 138 Å². The Hall–Kier alpha value is -1.77. The van der Waals surface area contributed by atoms with Crippen molar-refractivity contribution in [3.05, 3.63) is 34.9 Å². The number of methoxy groups -OCH3 is 1. The predicted molar refractivity (Wildman–Crippen MR) is 91.4 cm³/mol. The Bertz CT molecular complexity index is 585. The van der Waals surface area contributed by atoms with Crippen LogP contribution < -0.4 is 0 Å². The first-order valence-electron chi connectivity index (χ1n) is 8.64. The number of benzene rings is 1. The van der Waals surface area contributed by atoms with Crippen LogP contribution in [0.2, 0.25) is 0 Å². The molecule has 1 aromatic carbocycles. The number of hydrogen-bond donors (Lipinski definition) is 1. The van der Waals surface area contributed by atoms with Gasteiger partial charge in [0.25, 0.3) is 0 Å². The van der Waals surface area contributed by atoms with Crippen LogP contribution in [0.5, 0.6) is 5.75 Å². The molecule has 0 aliphatic heterocycles. The number of phenolic OH excluding ortho intramolecular Hbond substituents is 1. The lowest BCUT2D eigenvalue weighted by Crippen LogP contribution is -2.03. The lowest BCUT2D eigenvalue weighted by atomic mass is 9.86. The number of carbonyl (C=O) groups excluding carboxylic acids is 1. The number of carbonyl (C=O) groups is 1. The van der Waals surface area contributed by atoms with E-state index < -0.39 is 0 Å². The first kappa shape index (κ1) is 16.1. The normalized spacial score (nSPS) is 20.5. The molecule has 0 unspecified atom stereocenters. The van der Waals surface area contributed by atoms with Gasteiger partial charge in [0, 0.05) is 6.08 Å². The van der Waals surface area contributed by atoms with Gasteiger partial charge in [-0.05, 0) is 84.3 Å². The Morgan fingerprint density at radius 2 is 1.61 bits per heavy atom. The van der Waals surface area contributed by atoms with Gasteiger partial charge in [-0.3, -0.25) is 0 Å². The SMILES string of the molecule is COC(=O)C=Cc1cc([C@H](C)C2CC2)c(O)c([C@H](C)C2CC2)c1. The molecule has 3 heteroatoms. The molecule has 0 amide bonds. The van der Waals surface area contributed by atoms with Crippen LogP contribution in [0, 0.1) is 11.8 Å². The van der Waals surface area contributed by atoms with Crippen LogP contribution >= 0.6 is 0 Å². The molecule has 2 atom stereocenters. The molecule has 0 radical (unpaired) electrons. The Kier molecular flexibility index (Phi) is 4.47. The van der Waals surface area contributed by atoms with E-state index in [2.05, 4.69) is 18.6 Å². The van der Waals surface area contributed by atoms with E-state index in [0.29, 0.717) is 29.4 Å². The molecular formula is C20H26O3. The summed E-state index contributed by atoms with van der Waals surface area (Å²) >= 11 is 0. The molecule has 0 spiro atoms. The standard InChI is InChI=1S/C20H26O3/c1-12(15-5-6-15)17-10-14(4-9-19(21)23-3)11-18(20(17)22)13(2)16-7-8-16/h4,9-13,15-16,22H,5-8H2,1-3H3/t12-,13-/m1/s1. The Morgan fingerprint density at radius 3 is 2.00 bits per heavy atom. The molecule has 1 N–H and O–H groups in total. The second-order valence-corrected chi connectivity index (χ2v) is 7.16. The minimum absolute atomic E-state index is 0.355. The molecule has 2 aliphatic rings. The highest BCUT2D eigenvalue weighted by Gasteiger charge is 2.34. The van der Waals surface area contributed by atoms with Crippen LogP contribution in [0.4, 0.5) is 0 Å². The van der Waals surface area contributed by atoms with E-state index in [9.17, 15) is 9.90 Å². The number of phenols is 1. The first-order valence-corrected chi connectivity index (χ1v) is 8.64. The van der Waals surface area contributed by atoms with Crippen LogP contribution in [0.25, 0.3) is 6.08 Å². The molecule has 0 heterocycles. The maximum Gasteiger partial charge on any atom is 0.330 e. The van der Waals surface area contributed by atoms with Gasteiger partial charge < -0.3 is 9.84 Å². The van der Waals surface area contributed by atoms with Crippen LogP contribution in [0.3, 0.4) is 0 Å². The van der Waals surface area contributed by atoms with Crippen LogP contribution in [0.15, 0.2) is 18.2 Å². The van der Waals surface area contributed by atoms with Crippen molar-refractivity contribution in [2.24, 2.45) is 11.8 Å². The van der Waals surface area contributed by atoms with E-state index in [0.717, 1.165) is 16.7 Å². The van der Waals surface area contributed by atoms with Crippen LogP contribution in [-0.2, 0) is 9.53 Å². The fourth-order valence-corrected chi connectivity index (χ4v) is 3.43. The summed E-state index contributed by atoms with van der Waals surface area (Å²) in [7, 11) is 1.38. The third-order valence-electron chi connectivity index (χ3n) is 5.44. The van der Waals surface area contributed by atoms with E-state index in [1.807, 2.05) is 12.1 Å². The van der Waals surface area contributed by atoms with Crippen molar-refractivity contribution < 1.29 is 14.6 Å². The van der Waals surface area contributed by atoms with Gasteiger partial charge >= 0.3 is 5.97 Å². The van der Waals surface area contributed by atoms with Gasteiger partial charge in [-0.15, -0.1) is 0 Å². The summed E-state index contributed by atoms with van der Waals surface area (Å²) in [6.45, 7) is 4.40. The summed E-state index contributed by atoms with van der Waals surface area (Å²) in [5.74, 6) is 2.22. The topological polar surface area (TPSA) is 46.5 Å². The van der Waals surface area contributed by atoms with Crippen molar-refractivity contribution in [3.63, 3.8) is 0 Å². The average molecular weight is 314 g/mol. The third-order valence-corrected chi connectivity index (χ3v) is 5.44. The third kappa shape index (κ3) is 3.60. The van der Waals surface area contributed by atoms with Gasteiger partial charge in [-0.1, -0.05) is 13.8 Å². The van der Waals surface area contributed by atoms with Crippen molar-refractivity contribution >= 4 is 12.0 Å². The Morgan fingerprint density at radius 1 is 1.13 bits per heavy atom. The minimum atomic E-state index is -0.355. The fourth-order valence-electron chi connectivity index (χ4n) is 3.43. The summed E-state index contributed by atoms with van der Waals surface area (Å²) in [5.41, 5.74) is 3.03. The summed E-state index contributed by atoms with van der Waals surface area (Å²) < 4.78 is 4.67. The van der Waals surface area contributed by atoms with Crippen LogP contribution in [-0.4, -0.2) is 18.2 Å². The van der Waals surface area contributed by atoms with Crippen molar-refractivity contribution in [3.8, 4) is 5.75 Å². The minimum Gasteiger partial charge on any atom is -0.507 e. The average Bonchev–Trinajstić information content (AvgIpc) is 3.42. The number of esters is 1. The smallest absolute Gasteiger partial charge is 0.330 e. The lowest BCUT2D eigenvalue weighted by molar-refractivity contribution is -0.134. The summed E-state index contributed by atoms with van der Waals surface area (Å²) in [6.07, 6.45) is 8.22. The van der Waals surface area contributed by atoms with Gasteiger partial charge in [0.1, 0.15) is 5.75 Å². The van der Waals surface area contributed by atoms with Crippen molar-refractivity contribution in [2.45, 2.75) is 51.4 Å². The van der Waals surface area contributed by atoms with Gasteiger partial charge in [-0.2, -0.15) is 0 Å². The van der Waals surface area contributed by atoms with Crippen molar-refractivity contribution in [1.29, 1.82) is 0 Å². The fraction of sp³-hybridized carbons (Fsp3) is 0.550. The highest BCUT2D eigenvalue weighted by Crippen LogP contribution is 2.50. The largest absolute Gasteiger partial charge is 0.507 e. The first-order chi connectivity index (χ1) is 11.0. The molecule has 2 saturated carbocycles. The maximum absolute atomic E-state index is 11.4. The van der Waals surface area contributed by atoms with E-state index in [1.165, 1.54) is 38.9 Å². The zero-order valence-electron chi connectivity index (χ0n) is 14.2. The van der Waals surface area contributed by atoms with E-state index in [-0.39, 0.29) is 5.97 Å². The molecule has 2 fully saturated rings. The molecular weight excluding hydrogens is 288 g/mol. The second kappa shape index (κ2) is 6.38. The zero-order valence-corrected chi connectivity index (χ0v) is 14.2. The molecule has 0 aromatic heterocycles. The highest BCUT2D eigenvalue weighted by atomic mass is 16.5. The molecule has 3 rings (SSSR count). The quantitative estimate of drug-likeness (QED) is 0.616. The predicted octanol–water partition coefficient (Wildman–Crippen LogP) is 4.61. The maximum atomic E-state index is 11.4. The number of ether oxygens (including phenoxy) is 1. The van der Waals surface area contributed by atoms with Crippen molar-refractivity contribution in [1.82, 2.24) is 0 Å². The number of aromatic hydroxyl groups is 1. The van der Waals surface area contributed by atoms with Gasteiger partial charge in [0.2, 0.25) is 0 Å². The number of hydrogen-bond acceptors (Lipinski definition) is 3. The molecule has 124 valence electrons. The van der Waals surface area contributed by atoms with E-state index in [1.54, 1.807) is 6.08 Å².